The highest BCUT2D eigenvalue weighted by Gasteiger charge is 2.22. The van der Waals surface area contributed by atoms with Crippen molar-refractivity contribution in [3.63, 3.8) is 0 Å². The Hall–Kier alpha value is -2.60. The molecule has 0 unspecified atom stereocenters. The first kappa shape index (κ1) is 18.7. The SMILES string of the molecule is CC(=O)NCC1CCN(c2cc(-c3nc4ccccc4n3C)c(Cl)cn2)CC1. The number of benzene rings is 1. The molecule has 28 heavy (non-hydrogen) atoms. The van der Waals surface area contributed by atoms with E-state index in [9.17, 15) is 4.79 Å². The normalized spacial score (nSPS) is 15.2. The summed E-state index contributed by atoms with van der Waals surface area (Å²) < 4.78 is 2.07. The van der Waals surface area contributed by atoms with E-state index in [1.54, 1.807) is 13.1 Å². The number of carbonyl (C=O) groups is 1. The molecule has 0 bridgehead atoms. The molecule has 1 amide bonds. The van der Waals surface area contributed by atoms with Crippen LogP contribution in [0.3, 0.4) is 0 Å². The molecule has 6 nitrogen and oxygen atoms in total. The molecule has 0 aliphatic carbocycles. The van der Waals surface area contributed by atoms with Gasteiger partial charge >= 0.3 is 0 Å². The molecule has 0 radical (unpaired) electrons. The molecule has 4 rings (SSSR count). The maximum Gasteiger partial charge on any atom is 0.216 e. The summed E-state index contributed by atoms with van der Waals surface area (Å²) >= 11 is 6.49. The predicted molar refractivity (Wildman–Crippen MR) is 113 cm³/mol. The van der Waals surface area contributed by atoms with Crippen molar-refractivity contribution in [2.45, 2.75) is 19.8 Å². The molecule has 2 aromatic heterocycles. The van der Waals surface area contributed by atoms with E-state index < -0.39 is 0 Å². The maximum atomic E-state index is 11.1. The summed E-state index contributed by atoms with van der Waals surface area (Å²) in [4.78, 5) is 22.7. The van der Waals surface area contributed by atoms with Gasteiger partial charge in [0.25, 0.3) is 0 Å². The molecular weight excluding hydrogens is 374 g/mol. The van der Waals surface area contributed by atoms with E-state index in [1.165, 1.54) is 0 Å². The summed E-state index contributed by atoms with van der Waals surface area (Å²) in [7, 11) is 2.01. The number of nitrogens with zero attached hydrogens (tertiary/aromatic N) is 4. The maximum absolute atomic E-state index is 11.1. The number of fused-ring (bicyclic) bond motifs is 1. The van der Waals surface area contributed by atoms with Crippen LogP contribution in [0, 0.1) is 5.92 Å². The molecule has 7 heteroatoms. The molecule has 146 valence electrons. The molecule has 1 N–H and O–H groups in total. The first-order valence-corrected chi connectivity index (χ1v) is 9.97. The molecule has 1 aliphatic heterocycles. The number of piperidine rings is 1. The van der Waals surface area contributed by atoms with Crippen molar-refractivity contribution in [2.24, 2.45) is 13.0 Å². The van der Waals surface area contributed by atoms with Crippen LogP contribution in [-0.4, -0.2) is 40.1 Å². The van der Waals surface area contributed by atoms with Gasteiger partial charge < -0.3 is 14.8 Å². The van der Waals surface area contributed by atoms with Crippen LogP contribution in [-0.2, 0) is 11.8 Å². The van der Waals surface area contributed by atoms with E-state index in [2.05, 4.69) is 25.8 Å². The zero-order valence-corrected chi connectivity index (χ0v) is 16.9. The highest BCUT2D eigenvalue weighted by Crippen LogP contribution is 2.32. The number of anilines is 1. The van der Waals surface area contributed by atoms with Crippen LogP contribution in [0.5, 0.6) is 0 Å². The number of aromatic nitrogens is 3. The zero-order valence-electron chi connectivity index (χ0n) is 16.2. The molecule has 0 spiro atoms. The lowest BCUT2D eigenvalue weighted by Gasteiger charge is -2.33. The summed E-state index contributed by atoms with van der Waals surface area (Å²) in [5, 5.41) is 3.53. The monoisotopic (exact) mass is 397 g/mol. The summed E-state index contributed by atoms with van der Waals surface area (Å²) in [6, 6.07) is 10.1. The Balaban J connectivity index is 1.56. The fraction of sp³-hybridized carbons (Fsp3) is 0.381. The fourth-order valence-electron chi connectivity index (χ4n) is 3.81. The van der Waals surface area contributed by atoms with Gasteiger partial charge in [0.2, 0.25) is 5.91 Å². The van der Waals surface area contributed by atoms with Gasteiger partial charge in [0.1, 0.15) is 11.6 Å². The van der Waals surface area contributed by atoms with Crippen LogP contribution in [0.4, 0.5) is 5.82 Å². The topological polar surface area (TPSA) is 63.1 Å². The van der Waals surface area contributed by atoms with Crippen molar-refractivity contribution < 1.29 is 4.79 Å². The Morgan fingerprint density at radius 1 is 1.29 bits per heavy atom. The molecule has 3 aromatic rings. The predicted octanol–water partition coefficient (Wildman–Crippen LogP) is 3.64. The van der Waals surface area contributed by atoms with Crippen LogP contribution in [0.25, 0.3) is 22.4 Å². The first-order chi connectivity index (χ1) is 13.5. The highest BCUT2D eigenvalue weighted by atomic mass is 35.5. The van der Waals surface area contributed by atoms with E-state index in [4.69, 9.17) is 16.6 Å². The second-order valence-corrected chi connectivity index (χ2v) is 7.78. The number of aryl methyl sites for hydroxylation is 1. The summed E-state index contributed by atoms with van der Waals surface area (Å²) in [6.45, 7) is 4.15. The van der Waals surface area contributed by atoms with Crippen molar-refractivity contribution in [1.82, 2.24) is 19.9 Å². The Labute approximate surface area is 169 Å². The first-order valence-electron chi connectivity index (χ1n) is 9.59. The average molecular weight is 398 g/mol. The molecule has 1 saturated heterocycles. The number of hydrogen-bond acceptors (Lipinski definition) is 4. The Bertz CT molecular complexity index is 1010. The molecule has 0 atom stereocenters. The molecule has 3 heterocycles. The minimum Gasteiger partial charge on any atom is -0.357 e. The summed E-state index contributed by atoms with van der Waals surface area (Å²) in [5.41, 5.74) is 2.92. The van der Waals surface area contributed by atoms with Gasteiger partial charge in [0.05, 0.1) is 16.1 Å². The van der Waals surface area contributed by atoms with Gasteiger partial charge in [-0.2, -0.15) is 0 Å². The van der Waals surface area contributed by atoms with Crippen molar-refractivity contribution in [2.75, 3.05) is 24.5 Å². The van der Waals surface area contributed by atoms with Crippen LogP contribution in [0.1, 0.15) is 19.8 Å². The van der Waals surface area contributed by atoms with E-state index in [-0.39, 0.29) is 5.91 Å². The molecule has 1 aromatic carbocycles. The Morgan fingerprint density at radius 3 is 2.75 bits per heavy atom. The minimum absolute atomic E-state index is 0.0360. The second-order valence-electron chi connectivity index (χ2n) is 7.37. The van der Waals surface area contributed by atoms with Crippen molar-refractivity contribution in [3.05, 3.63) is 41.6 Å². The van der Waals surface area contributed by atoms with E-state index in [0.717, 1.165) is 60.7 Å². The van der Waals surface area contributed by atoms with Gasteiger partial charge in [-0.1, -0.05) is 23.7 Å². The number of rotatable bonds is 4. The zero-order chi connectivity index (χ0) is 19.7. The lowest BCUT2D eigenvalue weighted by atomic mass is 9.96. The number of para-hydroxylation sites is 2. The third-order valence-corrected chi connectivity index (χ3v) is 5.75. The number of nitrogens with one attached hydrogen (secondary N) is 1. The lowest BCUT2D eigenvalue weighted by molar-refractivity contribution is -0.119. The molecule has 1 aliphatic rings. The summed E-state index contributed by atoms with van der Waals surface area (Å²) in [5.74, 6) is 2.32. The van der Waals surface area contributed by atoms with Crippen LogP contribution in [0.2, 0.25) is 5.02 Å². The van der Waals surface area contributed by atoms with Crippen LogP contribution in [0.15, 0.2) is 36.5 Å². The lowest BCUT2D eigenvalue weighted by Crippen LogP contribution is -2.38. The molecular formula is C21H24ClN5O. The van der Waals surface area contributed by atoms with E-state index >= 15 is 0 Å². The van der Waals surface area contributed by atoms with Crippen LogP contribution >= 0.6 is 11.6 Å². The quantitative estimate of drug-likeness (QED) is 0.730. The number of carbonyl (C=O) groups excluding carboxylic acids is 1. The number of halogens is 1. The highest BCUT2D eigenvalue weighted by molar-refractivity contribution is 6.33. The molecule has 0 saturated carbocycles. The smallest absolute Gasteiger partial charge is 0.216 e. The van der Waals surface area contributed by atoms with E-state index in [1.807, 2.05) is 31.3 Å². The standard InChI is InChI=1S/C21H24ClN5O/c1-14(28)23-12-15-7-9-27(10-8-15)20-11-16(17(22)13-24-20)21-25-18-5-3-4-6-19(18)26(21)2/h3-6,11,13,15H,7-10,12H2,1-2H3,(H,23,28). The fourth-order valence-corrected chi connectivity index (χ4v) is 4.00. The Morgan fingerprint density at radius 2 is 2.04 bits per heavy atom. The average Bonchev–Trinajstić information content (AvgIpc) is 3.04. The Kier molecular flexibility index (Phi) is 5.22. The van der Waals surface area contributed by atoms with E-state index in [0.29, 0.717) is 10.9 Å². The largest absolute Gasteiger partial charge is 0.357 e. The summed E-state index contributed by atoms with van der Waals surface area (Å²) in [6.07, 6.45) is 3.79. The number of hydrogen-bond donors (Lipinski definition) is 1. The van der Waals surface area contributed by atoms with Crippen LogP contribution < -0.4 is 10.2 Å². The number of amides is 1. The second kappa shape index (κ2) is 7.80. The van der Waals surface area contributed by atoms with Crippen molar-refractivity contribution >= 4 is 34.4 Å². The van der Waals surface area contributed by atoms with Crippen molar-refractivity contribution in [1.29, 1.82) is 0 Å². The van der Waals surface area contributed by atoms with Gasteiger partial charge in [0.15, 0.2) is 0 Å². The number of pyridine rings is 1. The van der Waals surface area contributed by atoms with Gasteiger partial charge in [-0.3, -0.25) is 4.79 Å². The van der Waals surface area contributed by atoms with Gasteiger partial charge in [0, 0.05) is 45.4 Å². The third-order valence-electron chi connectivity index (χ3n) is 5.45. The van der Waals surface area contributed by atoms with Gasteiger partial charge in [-0.25, -0.2) is 9.97 Å². The minimum atomic E-state index is 0.0360. The number of imidazole rings is 1. The van der Waals surface area contributed by atoms with Gasteiger partial charge in [-0.15, -0.1) is 0 Å². The van der Waals surface area contributed by atoms with Crippen molar-refractivity contribution in [3.8, 4) is 11.4 Å². The van der Waals surface area contributed by atoms with Gasteiger partial charge in [-0.05, 0) is 37.0 Å². The molecule has 1 fully saturated rings. The third kappa shape index (κ3) is 3.69.